The summed E-state index contributed by atoms with van der Waals surface area (Å²) in [6.07, 6.45) is 3.79. The molecule has 0 unspecified atom stereocenters. The van der Waals surface area contributed by atoms with Crippen molar-refractivity contribution in [2.45, 2.75) is 32.1 Å². The van der Waals surface area contributed by atoms with Crippen molar-refractivity contribution in [2.24, 2.45) is 5.41 Å². The van der Waals surface area contributed by atoms with Gasteiger partial charge in [-0.1, -0.05) is 44.2 Å². The van der Waals surface area contributed by atoms with Gasteiger partial charge in [-0.2, -0.15) is 11.8 Å². The molecule has 0 saturated heterocycles. The first-order chi connectivity index (χ1) is 9.02. The van der Waals surface area contributed by atoms with E-state index in [2.05, 4.69) is 43.4 Å². The summed E-state index contributed by atoms with van der Waals surface area (Å²) < 4.78 is 0. The highest BCUT2D eigenvalue weighted by Gasteiger charge is 2.61. The first-order valence-electron chi connectivity index (χ1n) is 6.83. The van der Waals surface area contributed by atoms with Crippen molar-refractivity contribution in [1.82, 2.24) is 5.32 Å². The van der Waals surface area contributed by atoms with Crippen molar-refractivity contribution in [1.29, 1.82) is 0 Å². The number of rotatable bonds is 6. The number of hydrogen-bond acceptors (Lipinski definition) is 2. The van der Waals surface area contributed by atoms with Gasteiger partial charge in [0.2, 0.25) is 5.91 Å². The minimum atomic E-state index is 0.128. The highest BCUT2D eigenvalue weighted by Crippen LogP contribution is 2.63. The highest BCUT2D eigenvalue weighted by atomic mass is 32.2. The number of nitrogens with one attached hydrogen (secondary N) is 1. The van der Waals surface area contributed by atoms with Crippen LogP contribution >= 0.6 is 11.8 Å². The monoisotopic (exact) mass is 277 g/mol. The molecule has 19 heavy (non-hydrogen) atoms. The lowest BCUT2D eigenvalue weighted by molar-refractivity contribution is -0.120. The third-order valence-electron chi connectivity index (χ3n) is 4.36. The summed E-state index contributed by atoms with van der Waals surface area (Å²) in [5.41, 5.74) is 1.76. The molecule has 0 aliphatic heterocycles. The van der Waals surface area contributed by atoms with E-state index in [1.165, 1.54) is 5.56 Å². The lowest BCUT2D eigenvalue weighted by Crippen LogP contribution is -2.34. The van der Waals surface area contributed by atoms with E-state index < -0.39 is 0 Å². The molecule has 1 N–H and O–H groups in total. The molecule has 0 aromatic heterocycles. The van der Waals surface area contributed by atoms with Crippen molar-refractivity contribution >= 4 is 17.7 Å². The van der Waals surface area contributed by atoms with Crippen LogP contribution in [0, 0.1) is 5.41 Å². The van der Waals surface area contributed by atoms with Crippen LogP contribution in [0.5, 0.6) is 0 Å². The van der Waals surface area contributed by atoms with Crippen LogP contribution in [0.4, 0.5) is 0 Å². The van der Waals surface area contributed by atoms with E-state index in [1.54, 1.807) is 11.8 Å². The number of hydrogen-bond donors (Lipinski definition) is 1. The Morgan fingerprint density at radius 2 is 1.95 bits per heavy atom. The van der Waals surface area contributed by atoms with Crippen LogP contribution in [0.2, 0.25) is 0 Å². The zero-order valence-electron chi connectivity index (χ0n) is 12.0. The molecule has 2 rings (SSSR count). The number of thioether (sulfide) groups is 1. The molecule has 1 aromatic carbocycles. The molecule has 1 saturated carbocycles. The van der Waals surface area contributed by atoms with Crippen LogP contribution in [0.1, 0.15) is 32.3 Å². The molecular formula is C16H23NOS. The van der Waals surface area contributed by atoms with Crippen LogP contribution in [-0.4, -0.2) is 24.5 Å². The van der Waals surface area contributed by atoms with Gasteiger partial charge in [-0.15, -0.1) is 0 Å². The molecule has 0 spiro atoms. The van der Waals surface area contributed by atoms with Crippen molar-refractivity contribution in [3.8, 4) is 0 Å². The van der Waals surface area contributed by atoms with Gasteiger partial charge in [-0.25, -0.2) is 0 Å². The Balaban J connectivity index is 2.01. The largest absolute Gasteiger partial charge is 0.355 e. The molecular weight excluding hydrogens is 254 g/mol. The van der Waals surface area contributed by atoms with Gasteiger partial charge in [-0.05, 0) is 23.7 Å². The van der Waals surface area contributed by atoms with Gasteiger partial charge in [0.05, 0.1) is 0 Å². The van der Waals surface area contributed by atoms with Crippen LogP contribution in [0.3, 0.4) is 0 Å². The van der Waals surface area contributed by atoms with Crippen LogP contribution in [-0.2, 0) is 10.2 Å². The minimum absolute atomic E-state index is 0.128. The second-order valence-electron chi connectivity index (χ2n) is 6.03. The molecule has 0 heterocycles. The predicted molar refractivity (Wildman–Crippen MR) is 82.5 cm³/mol. The smallest absolute Gasteiger partial charge is 0.220 e. The average Bonchev–Trinajstić information content (AvgIpc) is 2.98. The Kier molecular flexibility index (Phi) is 4.24. The average molecular weight is 277 g/mol. The Labute approximate surface area is 120 Å². The summed E-state index contributed by atoms with van der Waals surface area (Å²) in [5.74, 6) is 1.07. The maximum Gasteiger partial charge on any atom is 0.220 e. The van der Waals surface area contributed by atoms with Crippen LogP contribution in [0.25, 0.3) is 0 Å². The number of carbonyl (C=O) groups excluding carboxylic acids is 1. The van der Waals surface area contributed by atoms with E-state index in [4.69, 9.17) is 0 Å². The lowest BCUT2D eigenvalue weighted by Gasteiger charge is -2.22. The lowest BCUT2D eigenvalue weighted by atomic mass is 9.88. The van der Waals surface area contributed by atoms with Crippen molar-refractivity contribution in [3.05, 3.63) is 35.9 Å². The second-order valence-corrected chi connectivity index (χ2v) is 7.01. The van der Waals surface area contributed by atoms with Gasteiger partial charge in [0, 0.05) is 24.1 Å². The molecule has 1 aliphatic rings. The fourth-order valence-electron chi connectivity index (χ4n) is 2.90. The SMILES string of the molecule is CSCCC(=O)NC[C@]1(c2ccccc2)CC1(C)C. The number of benzene rings is 1. The highest BCUT2D eigenvalue weighted by molar-refractivity contribution is 7.98. The summed E-state index contributed by atoms with van der Waals surface area (Å²) >= 11 is 1.71. The van der Waals surface area contributed by atoms with E-state index >= 15 is 0 Å². The van der Waals surface area contributed by atoms with E-state index in [-0.39, 0.29) is 16.7 Å². The first-order valence-corrected chi connectivity index (χ1v) is 8.22. The van der Waals surface area contributed by atoms with E-state index in [9.17, 15) is 4.79 Å². The topological polar surface area (TPSA) is 29.1 Å². The summed E-state index contributed by atoms with van der Waals surface area (Å²) in [7, 11) is 0. The van der Waals surface area contributed by atoms with E-state index in [1.807, 2.05) is 12.3 Å². The molecule has 2 nitrogen and oxygen atoms in total. The normalized spacial score (nSPS) is 23.9. The maximum absolute atomic E-state index is 11.8. The van der Waals surface area contributed by atoms with Crippen molar-refractivity contribution in [2.75, 3.05) is 18.6 Å². The van der Waals surface area contributed by atoms with Crippen molar-refractivity contribution < 1.29 is 4.79 Å². The summed E-state index contributed by atoms with van der Waals surface area (Å²) in [5, 5.41) is 3.12. The molecule has 1 atom stereocenters. The number of amides is 1. The Morgan fingerprint density at radius 1 is 1.32 bits per heavy atom. The Hall–Kier alpha value is -0.960. The fourth-order valence-corrected chi connectivity index (χ4v) is 3.29. The molecule has 3 heteroatoms. The minimum Gasteiger partial charge on any atom is -0.355 e. The van der Waals surface area contributed by atoms with E-state index in [0.29, 0.717) is 6.42 Å². The van der Waals surface area contributed by atoms with Gasteiger partial charge in [0.15, 0.2) is 0 Å². The third-order valence-corrected chi connectivity index (χ3v) is 4.97. The predicted octanol–water partition coefficient (Wildman–Crippen LogP) is 3.22. The van der Waals surface area contributed by atoms with Gasteiger partial charge in [0.1, 0.15) is 0 Å². The standard InChI is InChI=1S/C16H23NOS/c1-15(2)11-16(15,13-7-5-4-6-8-13)12-17-14(18)9-10-19-3/h4-8H,9-12H2,1-3H3,(H,17,18)/t16-/m0/s1. The Bertz CT molecular complexity index is 443. The van der Waals surface area contributed by atoms with Crippen LogP contribution in [0.15, 0.2) is 30.3 Å². The zero-order valence-corrected chi connectivity index (χ0v) is 12.8. The summed E-state index contributed by atoms with van der Waals surface area (Å²) in [6, 6.07) is 10.6. The van der Waals surface area contributed by atoms with Gasteiger partial charge in [-0.3, -0.25) is 4.79 Å². The second kappa shape index (κ2) is 5.58. The maximum atomic E-state index is 11.8. The molecule has 0 radical (unpaired) electrons. The summed E-state index contributed by atoms with van der Waals surface area (Å²) in [6.45, 7) is 5.33. The van der Waals surface area contributed by atoms with Gasteiger partial charge in [0.25, 0.3) is 0 Å². The Morgan fingerprint density at radius 3 is 2.47 bits per heavy atom. The van der Waals surface area contributed by atoms with Crippen molar-refractivity contribution in [3.63, 3.8) is 0 Å². The van der Waals surface area contributed by atoms with Crippen LogP contribution < -0.4 is 5.32 Å². The quantitative estimate of drug-likeness (QED) is 0.865. The van der Waals surface area contributed by atoms with Gasteiger partial charge >= 0.3 is 0 Å². The fraction of sp³-hybridized carbons (Fsp3) is 0.562. The first kappa shape index (κ1) is 14.4. The molecule has 1 aliphatic carbocycles. The molecule has 1 amide bonds. The third kappa shape index (κ3) is 2.97. The van der Waals surface area contributed by atoms with E-state index in [0.717, 1.165) is 18.7 Å². The molecule has 0 bridgehead atoms. The molecule has 104 valence electrons. The molecule has 1 fully saturated rings. The zero-order chi connectivity index (χ0) is 13.9. The van der Waals surface area contributed by atoms with Gasteiger partial charge < -0.3 is 5.32 Å². The number of carbonyl (C=O) groups is 1. The summed E-state index contributed by atoms with van der Waals surface area (Å²) in [4.78, 5) is 11.8. The molecule has 1 aromatic rings.